The summed E-state index contributed by atoms with van der Waals surface area (Å²) in [6.45, 7) is 3.10. The van der Waals surface area contributed by atoms with Crippen LogP contribution >= 0.6 is 0 Å². The molecule has 1 aliphatic heterocycles. The smallest absolute Gasteiger partial charge is 0.315 e. The van der Waals surface area contributed by atoms with Crippen LogP contribution in [0.3, 0.4) is 0 Å². The topological polar surface area (TPSA) is 88.0 Å². The number of nitrogens with one attached hydrogen (secondary N) is 2. The number of amides is 2. The number of hydrogen-bond acceptors (Lipinski definition) is 5. The van der Waals surface area contributed by atoms with E-state index in [1.807, 2.05) is 16.9 Å². The summed E-state index contributed by atoms with van der Waals surface area (Å²) in [5, 5.41) is 10.1. The molecule has 0 aliphatic carbocycles. The number of carbonyl (C=O) groups excluding carboxylic acids is 1. The first-order chi connectivity index (χ1) is 11.8. The number of nitrogens with zero attached hydrogens (tertiary/aromatic N) is 5. The van der Waals surface area contributed by atoms with Crippen LogP contribution in [-0.2, 0) is 6.54 Å². The molecule has 1 fully saturated rings. The van der Waals surface area contributed by atoms with Crippen molar-refractivity contribution in [3.63, 3.8) is 0 Å². The molecule has 1 aliphatic rings. The molecule has 0 bridgehead atoms. The molecule has 2 N–H and O–H groups in total. The number of aromatic nitrogens is 4. The highest BCUT2D eigenvalue weighted by atomic mass is 16.2. The lowest BCUT2D eigenvalue weighted by molar-refractivity contribution is 0.234. The zero-order chi connectivity index (χ0) is 16.6. The average Bonchev–Trinajstić information content (AvgIpc) is 3.13. The molecule has 3 rings (SSSR count). The predicted molar refractivity (Wildman–Crippen MR) is 90.6 cm³/mol. The number of rotatable bonds is 6. The SMILES string of the molecule is O=C(NCCCn1cccn1)NC1CCCN(c2ncccn2)C1. The van der Waals surface area contributed by atoms with Crippen LogP contribution in [0, 0.1) is 0 Å². The Morgan fingerprint density at radius 3 is 2.92 bits per heavy atom. The summed E-state index contributed by atoms with van der Waals surface area (Å²) in [5.74, 6) is 0.726. The van der Waals surface area contributed by atoms with Gasteiger partial charge in [0.05, 0.1) is 0 Å². The monoisotopic (exact) mass is 329 g/mol. The van der Waals surface area contributed by atoms with E-state index in [1.165, 1.54) is 0 Å². The van der Waals surface area contributed by atoms with E-state index in [1.54, 1.807) is 24.7 Å². The Kier molecular flexibility index (Phi) is 5.60. The average molecular weight is 329 g/mol. The zero-order valence-electron chi connectivity index (χ0n) is 13.6. The van der Waals surface area contributed by atoms with Crippen molar-refractivity contribution in [2.45, 2.75) is 31.8 Å². The third kappa shape index (κ3) is 4.68. The molecule has 24 heavy (non-hydrogen) atoms. The van der Waals surface area contributed by atoms with Crippen molar-refractivity contribution in [1.82, 2.24) is 30.4 Å². The van der Waals surface area contributed by atoms with Gasteiger partial charge in [0, 0.05) is 57.0 Å². The highest BCUT2D eigenvalue weighted by Gasteiger charge is 2.22. The molecule has 1 atom stereocenters. The first-order valence-electron chi connectivity index (χ1n) is 8.35. The molecule has 3 heterocycles. The van der Waals surface area contributed by atoms with Crippen molar-refractivity contribution < 1.29 is 4.79 Å². The van der Waals surface area contributed by atoms with Gasteiger partial charge in [-0.2, -0.15) is 5.10 Å². The second kappa shape index (κ2) is 8.28. The van der Waals surface area contributed by atoms with Crippen LogP contribution in [0.15, 0.2) is 36.9 Å². The summed E-state index contributed by atoms with van der Waals surface area (Å²) in [6.07, 6.45) is 10.0. The van der Waals surface area contributed by atoms with E-state index >= 15 is 0 Å². The minimum Gasteiger partial charge on any atom is -0.339 e. The molecule has 2 aromatic heterocycles. The normalized spacial score (nSPS) is 17.5. The third-order valence-corrected chi connectivity index (χ3v) is 4.00. The van der Waals surface area contributed by atoms with E-state index < -0.39 is 0 Å². The maximum absolute atomic E-state index is 12.0. The van der Waals surface area contributed by atoms with Crippen LogP contribution in [0.25, 0.3) is 0 Å². The number of aryl methyl sites for hydroxylation is 1. The van der Waals surface area contributed by atoms with Gasteiger partial charge in [-0.05, 0) is 31.4 Å². The minimum atomic E-state index is -0.115. The number of urea groups is 1. The largest absolute Gasteiger partial charge is 0.339 e. The molecule has 128 valence electrons. The van der Waals surface area contributed by atoms with Crippen LogP contribution < -0.4 is 15.5 Å². The lowest BCUT2D eigenvalue weighted by atomic mass is 10.1. The Morgan fingerprint density at radius 1 is 1.25 bits per heavy atom. The van der Waals surface area contributed by atoms with E-state index in [0.717, 1.165) is 44.8 Å². The zero-order valence-corrected chi connectivity index (χ0v) is 13.6. The van der Waals surface area contributed by atoms with Crippen molar-refractivity contribution in [2.24, 2.45) is 0 Å². The van der Waals surface area contributed by atoms with Crippen LogP contribution in [0.1, 0.15) is 19.3 Å². The van der Waals surface area contributed by atoms with Gasteiger partial charge in [-0.1, -0.05) is 0 Å². The lowest BCUT2D eigenvalue weighted by Crippen LogP contribution is -2.51. The molecule has 1 saturated heterocycles. The van der Waals surface area contributed by atoms with E-state index in [2.05, 4.69) is 30.6 Å². The number of carbonyl (C=O) groups is 1. The molecule has 2 aromatic rings. The van der Waals surface area contributed by atoms with Crippen LogP contribution in [-0.4, -0.2) is 51.5 Å². The molecule has 0 saturated carbocycles. The maximum atomic E-state index is 12.0. The highest BCUT2D eigenvalue weighted by Crippen LogP contribution is 2.15. The van der Waals surface area contributed by atoms with Crippen LogP contribution in [0.4, 0.5) is 10.7 Å². The predicted octanol–water partition coefficient (Wildman–Crippen LogP) is 1.03. The van der Waals surface area contributed by atoms with Gasteiger partial charge in [-0.3, -0.25) is 4.68 Å². The summed E-state index contributed by atoms with van der Waals surface area (Å²) >= 11 is 0. The second-order valence-electron chi connectivity index (χ2n) is 5.86. The molecule has 2 amide bonds. The summed E-state index contributed by atoms with van der Waals surface area (Å²) in [6, 6.07) is 3.70. The van der Waals surface area contributed by atoms with Gasteiger partial charge in [-0.25, -0.2) is 14.8 Å². The Balaban J connectivity index is 1.38. The Bertz CT molecular complexity index is 617. The molecule has 8 nitrogen and oxygen atoms in total. The van der Waals surface area contributed by atoms with E-state index in [4.69, 9.17) is 0 Å². The van der Waals surface area contributed by atoms with Gasteiger partial charge >= 0.3 is 6.03 Å². The number of piperidine rings is 1. The molecule has 8 heteroatoms. The number of hydrogen-bond donors (Lipinski definition) is 2. The first kappa shape index (κ1) is 16.2. The molecule has 0 aromatic carbocycles. The molecular weight excluding hydrogens is 306 g/mol. The minimum absolute atomic E-state index is 0.115. The van der Waals surface area contributed by atoms with Crippen molar-refractivity contribution in [3.8, 4) is 0 Å². The summed E-state index contributed by atoms with van der Waals surface area (Å²) < 4.78 is 1.86. The quantitative estimate of drug-likeness (QED) is 0.773. The second-order valence-corrected chi connectivity index (χ2v) is 5.86. The Morgan fingerprint density at radius 2 is 2.12 bits per heavy atom. The summed E-state index contributed by atoms with van der Waals surface area (Å²) in [7, 11) is 0. The van der Waals surface area contributed by atoms with E-state index in [9.17, 15) is 4.79 Å². The van der Waals surface area contributed by atoms with Gasteiger partial charge in [0.15, 0.2) is 0 Å². The van der Waals surface area contributed by atoms with Crippen LogP contribution in [0.5, 0.6) is 0 Å². The molecule has 1 unspecified atom stereocenters. The van der Waals surface area contributed by atoms with Crippen molar-refractivity contribution in [1.29, 1.82) is 0 Å². The summed E-state index contributed by atoms with van der Waals surface area (Å²) in [4.78, 5) is 22.7. The van der Waals surface area contributed by atoms with Crippen molar-refractivity contribution in [2.75, 3.05) is 24.5 Å². The Labute approximate surface area is 141 Å². The summed E-state index contributed by atoms with van der Waals surface area (Å²) in [5.41, 5.74) is 0. The van der Waals surface area contributed by atoms with Crippen molar-refractivity contribution in [3.05, 3.63) is 36.9 Å². The highest BCUT2D eigenvalue weighted by molar-refractivity contribution is 5.74. The van der Waals surface area contributed by atoms with Gasteiger partial charge in [-0.15, -0.1) is 0 Å². The van der Waals surface area contributed by atoms with Crippen LogP contribution in [0.2, 0.25) is 0 Å². The fourth-order valence-corrected chi connectivity index (χ4v) is 2.84. The standard InChI is InChI=1S/C16H23N7O/c24-16(19-8-3-11-23-12-4-9-20-23)21-14-5-1-10-22(13-14)15-17-6-2-7-18-15/h2,4,6-7,9,12,14H,1,3,5,8,10-11,13H2,(H2,19,21,24). The lowest BCUT2D eigenvalue weighted by Gasteiger charge is -2.33. The molecule has 0 radical (unpaired) electrons. The van der Waals surface area contributed by atoms with Gasteiger partial charge < -0.3 is 15.5 Å². The van der Waals surface area contributed by atoms with Gasteiger partial charge in [0.2, 0.25) is 5.95 Å². The van der Waals surface area contributed by atoms with Gasteiger partial charge in [0.1, 0.15) is 0 Å². The maximum Gasteiger partial charge on any atom is 0.315 e. The Hall–Kier alpha value is -2.64. The fraction of sp³-hybridized carbons (Fsp3) is 0.500. The first-order valence-corrected chi connectivity index (χ1v) is 8.35. The third-order valence-electron chi connectivity index (χ3n) is 4.00. The fourth-order valence-electron chi connectivity index (χ4n) is 2.84. The van der Waals surface area contributed by atoms with Crippen molar-refractivity contribution >= 4 is 12.0 Å². The number of anilines is 1. The molecular formula is C16H23N7O. The van der Waals surface area contributed by atoms with Gasteiger partial charge in [0.25, 0.3) is 0 Å². The van der Waals surface area contributed by atoms with E-state index in [0.29, 0.717) is 6.54 Å². The van der Waals surface area contributed by atoms with E-state index in [-0.39, 0.29) is 12.1 Å². The molecule has 0 spiro atoms.